The first kappa shape index (κ1) is 11.5. The van der Waals surface area contributed by atoms with E-state index in [4.69, 9.17) is 5.73 Å². The van der Waals surface area contributed by atoms with Gasteiger partial charge in [0.05, 0.1) is 15.9 Å². The smallest absolute Gasteiger partial charge is 0.157 e. The zero-order valence-electron chi connectivity index (χ0n) is 9.75. The molecule has 1 aromatic carbocycles. The summed E-state index contributed by atoms with van der Waals surface area (Å²) in [5.41, 5.74) is 8.76. The van der Waals surface area contributed by atoms with Gasteiger partial charge in [-0.2, -0.15) is 0 Å². The fourth-order valence-electron chi connectivity index (χ4n) is 1.64. The summed E-state index contributed by atoms with van der Waals surface area (Å²) in [5, 5.41) is 0.819. The van der Waals surface area contributed by atoms with Crippen molar-refractivity contribution in [2.45, 2.75) is 16.3 Å². The van der Waals surface area contributed by atoms with Crippen LogP contribution in [0, 0.1) is 6.92 Å². The Bertz CT molecular complexity index is 673. The number of nitrogens with zero attached hydrogens (tertiary/aromatic N) is 2. The summed E-state index contributed by atoms with van der Waals surface area (Å²) in [4.78, 5) is 8.91. The van der Waals surface area contributed by atoms with Crippen molar-refractivity contribution >= 4 is 39.0 Å². The summed E-state index contributed by atoms with van der Waals surface area (Å²) in [6.45, 7) is 1.98. The number of pyridine rings is 1. The standard InChI is InChI=1S/C13H11N3S2/c1-8-6-9(14)12(15-7-8)18-13-16-10-4-2-3-5-11(10)17-13/h2-7H,14H2,1H3. The third kappa shape index (κ3) is 2.19. The molecule has 5 heteroatoms. The van der Waals surface area contributed by atoms with Gasteiger partial charge in [-0.05, 0) is 42.4 Å². The van der Waals surface area contributed by atoms with Crippen molar-refractivity contribution in [3.05, 3.63) is 42.1 Å². The van der Waals surface area contributed by atoms with Crippen LogP contribution in [0.4, 0.5) is 5.69 Å². The Morgan fingerprint density at radius 3 is 2.89 bits per heavy atom. The van der Waals surface area contributed by atoms with Crippen LogP contribution < -0.4 is 5.73 Å². The van der Waals surface area contributed by atoms with Crippen LogP contribution in [0.25, 0.3) is 10.2 Å². The summed E-state index contributed by atoms with van der Waals surface area (Å²) < 4.78 is 2.16. The van der Waals surface area contributed by atoms with Gasteiger partial charge in [-0.3, -0.25) is 0 Å². The maximum atomic E-state index is 5.96. The second kappa shape index (κ2) is 4.59. The average molecular weight is 273 g/mol. The molecule has 3 aromatic rings. The summed E-state index contributed by atoms with van der Waals surface area (Å²) in [5.74, 6) is 0. The first-order valence-electron chi connectivity index (χ1n) is 5.48. The van der Waals surface area contributed by atoms with E-state index < -0.39 is 0 Å². The highest BCUT2D eigenvalue weighted by atomic mass is 32.2. The molecule has 0 saturated heterocycles. The van der Waals surface area contributed by atoms with E-state index >= 15 is 0 Å². The third-order valence-corrected chi connectivity index (χ3v) is 4.61. The van der Waals surface area contributed by atoms with Gasteiger partial charge in [-0.25, -0.2) is 9.97 Å². The van der Waals surface area contributed by atoms with Crippen molar-refractivity contribution in [1.82, 2.24) is 9.97 Å². The first-order valence-corrected chi connectivity index (χ1v) is 7.11. The van der Waals surface area contributed by atoms with Gasteiger partial charge in [0, 0.05) is 6.20 Å². The number of nitrogen functional groups attached to an aromatic ring is 1. The molecule has 2 N–H and O–H groups in total. The van der Waals surface area contributed by atoms with Gasteiger partial charge in [0.25, 0.3) is 0 Å². The number of thiazole rings is 1. The predicted molar refractivity (Wildman–Crippen MR) is 77.1 cm³/mol. The number of anilines is 1. The van der Waals surface area contributed by atoms with Crippen molar-refractivity contribution in [2.75, 3.05) is 5.73 Å². The van der Waals surface area contributed by atoms with Crippen molar-refractivity contribution in [1.29, 1.82) is 0 Å². The van der Waals surface area contributed by atoms with Crippen LogP contribution >= 0.6 is 23.1 Å². The monoisotopic (exact) mass is 273 g/mol. The van der Waals surface area contributed by atoms with Crippen molar-refractivity contribution < 1.29 is 0 Å². The Morgan fingerprint density at radius 2 is 2.11 bits per heavy atom. The minimum Gasteiger partial charge on any atom is -0.397 e. The molecule has 18 heavy (non-hydrogen) atoms. The van der Waals surface area contributed by atoms with E-state index in [2.05, 4.69) is 16.0 Å². The van der Waals surface area contributed by atoms with Crippen LogP contribution in [-0.2, 0) is 0 Å². The zero-order valence-corrected chi connectivity index (χ0v) is 11.4. The third-order valence-electron chi connectivity index (χ3n) is 2.47. The van der Waals surface area contributed by atoms with Gasteiger partial charge in [0.2, 0.25) is 0 Å². The average Bonchev–Trinajstić information content (AvgIpc) is 2.75. The van der Waals surface area contributed by atoms with Crippen molar-refractivity contribution in [3.8, 4) is 0 Å². The number of aryl methyl sites for hydroxylation is 1. The van der Waals surface area contributed by atoms with Crippen LogP contribution in [0.5, 0.6) is 0 Å². The molecule has 0 aliphatic heterocycles. The number of benzene rings is 1. The topological polar surface area (TPSA) is 51.8 Å². The fourth-order valence-corrected chi connectivity index (χ4v) is 3.60. The number of fused-ring (bicyclic) bond motifs is 1. The highest BCUT2D eigenvalue weighted by Crippen LogP contribution is 2.35. The molecule has 0 unspecified atom stereocenters. The molecule has 0 radical (unpaired) electrons. The molecule has 0 aliphatic rings. The second-order valence-corrected chi connectivity index (χ2v) is 6.22. The molecule has 0 spiro atoms. The molecule has 0 fully saturated rings. The van der Waals surface area contributed by atoms with E-state index in [0.717, 1.165) is 20.4 Å². The zero-order chi connectivity index (χ0) is 12.5. The molecule has 0 saturated carbocycles. The normalized spacial score (nSPS) is 10.9. The number of hydrogen-bond acceptors (Lipinski definition) is 5. The highest BCUT2D eigenvalue weighted by molar-refractivity contribution is 8.01. The molecule has 2 aromatic heterocycles. The van der Waals surface area contributed by atoms with Gasteiger partial charge in [-0.1, -0.05) is 12.1 Å². The van der Waals surface area contributed by atoms with E-state index in [0.29, 0.717) is 5.69 Å². The predicted octanol–water partition coefficient (Wildman–Crippen LogP) is 3.73. The number of aromatic nitrogens is 2. The maximum absolute atomic E-state index is 5.96. The number of hydrogen-bond donors (Lipinski definition) is 1. The van der Waals surface area contributed by atoms with E-state index in [1.807, 2.05) is 37.4 Å². The van der Waals surface area contributed by atoms with E-state index in [-0.39, 0.29) is 0 Å². The molecule has 3 nitrogen and oxygen atoms in total. The van der Waals surface area contributed by atoms with Gasteiger partial charge in [0.15, 0.2) is 4.34 Å². The van der Waals surface area contributed by atoms with E-state index in [9.17, 15) is 0 Å². The Kier molecular flexibility index (Phi) is 2.93. The van der Waals surface area contributed by atoms with Crippen LogP contribution in [0.3, 0.4) is 0 Å². The van der Waals surface area contributed by atoms with Gasteiger partial charge < -0.3 is 5.73 Å². The molecular weight excluding hydrogens is 262 g/mol. The van der Waals surface area contributed by atoms with Crippen molar-refractivity contribution in [3.63, 3.8) is 0 Å². The lowest BCUT2D eigenvalue weighted by Gasteiger charge is -2.02. The van der Waals surface area contributed by atoms with Crippen LogP contribution in [-0.4, -0.2) is 9.97 Å². The lowest BCUT2D eigenvalue weighted by Crippen LogP contribution is -1.92. The van der Waals surface area contributed by atoms with Crippen LogP contribution in [0.15, 0.2) is 45.9 Å². The Labute approximate surface area is 113 Å². The molecule has 0 atom stereocenters. The minimum absolute atomic E-state index is 0.708. The van der Waals surface area contributed by atoms with Crippen LogP contribution in [0.1, 0.15) is 5.56 Å². The minimum atomic E-state index is 0.708. The largest absolute Gasteiger partial charge is 0.397 e. The molecule has 0 amide bonds. The van der Waals surface area contributed by atoms with Gasteiger partial charge in [-0.15, -0.1) is 11.3 Å². The second-order valence-electron chi connectivity index (χ2n) is 3.96. The van der Waals surface area contributed by atoms with Crippen LogP contribution in [0.2, 0.25) is 0 Å². The lowest BCUT2D eigenvalue weighted by molar-refractivity contribution is 1.11. The van der Waals surface area contributed by atoms with Gasteiger partial charge >= 0.3 is 0 Å². The molecule has 0 aliphatic carbocycles. The molecule has 0 bridgehead atoms. The number of para-hydroxylation sites is 1. The molecule has 3 rings (SSSR count). The molecular formula is C13H11N3S2. The van der Waals surface area contributed by atoms with E-state index in [1.54, 1.807) is 11.3 Å². The Balaban J connectivity index is 1.96. The van der Waals surface area contributed by atoms with Crippen molar-refractivity contribution in [2.24, 2.45) is 0 Å². The maximum Gasteiger partial charge on any atom is 0.157 e. The summed E-state index contributed by atoms with van der Waals surface area (Å²) >= 11 is 3.18. The Morgan fingerprint density at radius 1 is 1.28 bits per heavy atom. The SMILES string of the molecule is Cc1cnc(Sc2nc3ccccc3s2)c(N)c1. The lowest BCUT2D eigenvalue weighted by atomic mass is 10.3. The number of rotatable bonds is 2. The Hall–Kier alpha value is -1.59. The summed E-state index contributed by atoms with van der Waals surface area (Å²) in [6, 6.07) is 10.0. The first-order chi connectivity index (χ1) is 8.72. The fraction of sp³-hybridized carbons (Fsp3) is 0.0769. The molecule has 2 heterocycles. The quantitative estimate of drug-likeness (QED) is 0.773. The molecule has 90 valence electrons. The number of nitrogens with two attached hydrogens (primary N) is 1. The van der Waals surface area contributed by atoms with Gasteiger partial charge in [0.1, 0.15) is 5.03 Å². The highest BCUT2D eigenvalue weighted by Gasteiger charge is 2.08. The summed E-state index contributed by atoms with van der Waals surface area (Å²) in [6.07, 6.45) is 1.83. The summed E-state index contributed by atoms with van der Waals surface area (Å²) in [7, 11) is 0. The van der Waals surface area contributed by atoms with E-state index in [1.165, 1.54) is 16.5 Å².